The molecule has 0 saturated heterocycles. The van der Waals surface area contributed by atoms with Crippen molar-refractivity contribution in [2.75, 3.05) is 7.11 Å². The number of amides is 1. The summed E-state index contributed by atoms with van der Waals surface area (Å²) in [7, 11) is 1.50. The average Bonchev–Trinajstić information content (AvgIpc) is 2.61. The number of nitrogens with one attached hydrogen (secondary N) is 1. The van der Waals surface area contributed by atoms with Crippen LogP contribution in [0.5, 0.6) is 5.75 Å². The second kappa shape index (κ2) is 8.57. The van der Waals surface area contributed by atoms with Gasteiger partial charge in [0.25, 0.3) is 0 Å². The Kier molecular flexibility index (Phi) is 6.44. The summed E-state index contributed by atoms with van der Waals surface area (Å²) in [6.45, 7) is 0. The summed E-state index contributed by atoms with van der Waals surface area (Å²) in [4.78, 5) is 23.5. The first-order valence-corrected chi connectivity index (χ1v) is 8.00. The second-order valence-corrected chi connectivity index (χ2v) is 5.89. The summed E-state index contributed by atoms with van der Waals surface area (Å²) in [5.41, 5.74) is -0.0423. The lowest BCUT2D eigenvalue weighted by Gasteiger charge is -2.15. The molecule has 2 rings (SSSR count). The van der Waals surface area contributed by atoms with Gasteiger partial charge in [-0.1, -0.05) is 30.3 Å². The van der Waals surface area contributed by atoms with E-state index in [0.717, 1.165) is 12.1 Å². The Bertz CT molecular complexity index is 803. The van der Waals surface area contributed by atoms with Crippen LogP contribution in [-0.2, 0) is 28.6 Å². The van der Waals surface area contributed by atoms with Crippen LogP contribution < -0.4 is 10.1 Å². The monoisotopic (exact) mass is 381 g/mol. The number of carbonyl (C=O) groups is 2. The van der Waals surface area contributed by atoms with E-state index >= 15 is 0 Å². The van der Waals surface area contributed by atoms with Gasteiger partial charge in [0.15, 0.2) is 0 Å². The van der Waals surface area contributed by atoms with Gasteiger partial charge in [-0.15, -0.1) is 0 Å². The zero-order chi connectivity index (χ0) is 20.0. The summed E-state index contributed by atoms with van der Waals surface area (Å²) < 4.78 is 43.2. The summed E-state index contributed by atoms with van der Waals surface area (Å²) >= 11 is 0. The fourth-order valence-corrected chi connectivity index (χ4v) is 2.49. The minimum Gasteiger partial charge on any atom is -0.497 e. The number of hydrogen-bond acceptors (Lipinski definition) is 3. The van der Waals surface area contributed by atoms with Crippen molar-refractivity contribution in [3.63, 3.8) is 0 Å². The van der Waals surface area contributed by atoms with E-state index in [1.807, 2.05) is 0 Å². The van der Waals surface area contributed by atoms with Gasteiger partial charge in [0.05, 0.1) is 19.1 Å². The van der Waals surface area contributed by atoms with Crippen molar-refractivity contribution in [2.45, 2.75) is 25.1 Å². The molecule has 0 spiro atoms. The molecule has 0 aliphatic rings. The Hall–Kier alpha value is -3.03. The van der Waals surface area contributed by atoms with E-state index < -0.39 is 29.7 Å². The minimum atomic E-state index is -4.51. The fraction of sp³-hybridized carbons (Fsp3) is 0.263. The quantitative estimate of drug-likeness (QED) is 0.773. The molecule has 2 N–H and O–H groups in total. The number of alkyl halides is 3. The van der Waals surface area contributed by atoms with Gasteiger partial charge in [0, 0.05) is 6.42 Å². The smallest absolute Gasteiger partial charge is 0.416 e. The molecule has 2 aromatic carbocycles. The number of carboxylic acid groups (broad SMARTS) is 1. The number of methoxy groups -OCH3 is 1. The van der Waals surface area contributed by atoms with Crippen LogP contribution in [0.3, 0.4) is 0 Å². The number of carboxylic acids is 1. The van der Waals surface area contributed by atoms with Crippen LogP contribution >= 0.6 is 0 Å². The van der Waals surface area contributed by atoms with Crippen molar-refractivity contribution in [1.82, 2.24) is 5.32 Å². The molecule has 8 heteroatoms. The summed E-state index contributed by atoms with van der Waals surface area (Å²) in [5, 5.41) is 11.7. The highest BCUT2D eigenvalue weighted by molar-refractivity contribution is 5.85. The molecule has 0 aliphatic heterocycles. The molecular weight excluding hydrogens is 363 g/mol. The van der Waals surface area contributed by atoms with Gasteiger partial charge >= 0.3 is 12.1 Å². The first-order chi connectivity index (χ1) is 12.7. The standard InChI is InChI=1S/C19H18F3NO4/c1-27-15-7-5-12(6-8-15)10-16(18(25)26)23-17(24)11-13-3-2-4-14(9-13)19(20,21)22/h2-9,16H,10-11H2,1H3,(H,23,24)(H,25,26)/t16-/m0/s1. The zero-order valence-corrected chi connectivity index (χ0v) is 14.4. The van der Waals surface area contributed by atoms with E-state index in [1.165, 1.54) is 19.2 Å². The van der Waals surface area contributed by atoms with Crippen molar-refractivity contribution in [3.8, 4) is 5.75 Å². The van der Waals surface area contributed by atoms with Gasteiger partial charge in [0.1, 0.15) is 11.8 Å². The third-order valence-corrected chi connectivity index (χ3v) is 3.85. The van der Waals surface area contributed by atoms with Gasteiger partial charge in [0.2, 0.25) is 5.91 Å². The molecule has 0 bridgehead atoms. The molecule has 2 aromatic rings. The number of aliphatic carboxylic acids is 1. The first kappa shape index (κ1) is 20.3. The lowest BCUT2D eigenvalue weighted by molar-refractivity contribution is -0.141. The second-order valence-electron chi connectivity index (χ2n) is 5.89. The zero-order valence-electron chi connectivity index (χ0n) is 14.4. The van der Waals surface area contributed by atoms with Crippen molar-refractivity contribution < 1.29 is 32.6 Å². The topological polar surface area (TPSA) is 75.6 Å². The molecule has 27 heavy (non-hydrogen) atoms. The molecule has 1 amide bonds. The van der Waals surface area contributed by atoms with Gasteiger partial charge in [-0.3, -0.25) is 4.79 Å². The van der Waals surface area contributed by atoms with E-state index in [4.69, 9.17) is 4.74 Å². The van der Waals surface area contributed by atoms with Gasteiger partial charge in [-0.25, -0.2) is 4.79 Å². The van der Waals surface area contributed by atoms with Crippen LogP contribution in [0, 0.1) is 0 Å². The summed E-state index contributed by atoms with van der Waals surface area (Å²) in [6.07, 6.45) is -4.82. The lowest BCUT2D eigenvalue weighted by Crippen LogP contribution is -2.43. The van der Waals surface area contributed by atoms with Gasteiger partial charge < -0.3 is 15.2 Å². The maximum absolute atomic E-state index is 12.7. The number of hydrogen-bond donors (Lipinski definition) is 2. The maximum atomic E-state index is 12.7. The number of benzene rings is 2. The molecule has 0 fully saturated rings. The predicted molar refractivity (Wildman–Crippen MR) is 91.4 cm³/mol. The highest BCUT2D eigenvalue weighted by atomic mass is 19.4. The summed E-state index contributed by atoms with van der Waals surface area (Å²) in [6, 6.07) is 9.85. The SMILES string of the molecule is COc1ccc(C[C@H](NC(=O)Cc2cccc(C(F)(F)F)c2)C(=O)O)cc1. The van der Waals surface area contributed by atoms with E-state index in [9.17, 15) is 27.9 Å². The van der Waals surface area contributed by atoms with Crippen LogP contribution in [0.1, 0.15) is 16.7 Å². The highest BCUT2D eigenvalue weighted by Gasteiger charge is 2.30. The fourth-order valence-electron chi connectivity index (χ4n) is 2.49. The normalized spacial score (nSPS) is 12.3. The number of halogens is 3. The van der Waals surface area contributed by atoms with Crippen LogP contribution in [0.15, 0.2) is 48.5 Å². The van der Waals surface area contributed by atoms with E-state index in [2.05, 4.69) is 5.32 Å². The van der Waals surface area contributed by atoms with Crippen molar-refractivity contribution in [1.29, 1.82) is 0 Å². The van der Waals surface area contributed by atoms with Crippen molar-refractivity contribution >= 4 is 11.9 Å². The summed E-state index contributed by atoms with van der Waals surface area (Å²) in [5.74, 6) is -1.29. The number of rotatable bonds is 7. The molecule has 0 radical (unpaired) electrons. The van der Waals surface area contributed by atoms with Gasteiger partial charge in [-0.2, -0.15) is 13.2 Å². The average molecular weight is 381 g/mol. The van der Waals surface area contributed by atoms with Crippen molar-refractivity contribution in [3.05, 3.63) is 65.2 Å². The Labute approximate surface area is 153 Å². The van der Waals surface area contributed by atoms with E-state index in [1.54, 1.807) is 24.3 Å². The molecule has 0 aliphatic carbocycles. The molecule has 0 heterocycles. The Morgan fingerprint density at radius 1 is 1.11 bits per heavy atom. The van der Waals surface area contributed by atoms with Crippen LogP contribution in [0.2, 0.25) is 0 Å². The Morgan fingerprint density at radius 2 is 1.78 bits per heavy atom. The van der Waals surface area contributed by atoms with Crippen molar-refractivity contribution in [2.24, 2.45) is 0 Å². The van der Waals surface area contributed by atoms with Crippen LogP contribution in [0.25, 0.3) is 0 Å². The largest absolute Gasteiger partial charge is 0.497 e. The number of carbonyl (C=O) groups excluding carboxylic acids is 1. The van der Waals surface area contributed by atoms with E-state index in [0.29, 0.717) is 11.3 Å². The first-order valence-electron chi connectivity index (χ1n) is 8.00. The third kappa shape index (κ3) is 6.02. The number of ether oxygens (including phenoxy) is 1. The van der Waals surface area contributed by atoms with Crippen LogP contribution in [-0.4, -0.2) is 30.1 Å². The Morgan fingerprint density at radius 3 is 2.33 bits per heavy atom. The third-order valence-electron chi connectivity index (χ3n) is 3.85. The lowest BCUT2D eigenvalue weighted by atomic mass is 10.0. The van der Waals surface area contributed by atoms with Crippen LogP contribution in [0.4, 0.5) is 13.2 Å². The molecule has 0 saturated carbocycles. The molecule has 5 nitrogen and oxygen atoms in total. The highest BCUT2D eigenvalue weighted by Crippen LogP contribution is 2.29. The van der Waals surface area contributed by atoms with E-state index in [-0.39, 0.29) is 18.4 Å². The molecule has 0 unspecified atom stereocenters. The molecule has 144 valence electrons. The molecular formula is C19H18F3NO4. The molecule has 0 aromatic heterocycles. The predicted octanol–water partition coefficient (Wildman–Crippen LogP) is 3.07. The molecule has 1 atom stereocenters. The van der Waals surface area contributed by atoms with Gasteiger partial charge in [-0.05, 0) is 29.3 Å². The Balaban J connectivity index is 2.03. The maximum Gasteiger partial charge on any atom is 0.416 e. The minimum absolute atomic E-state index is 0.0354.